The average Bonchev–Trinajstić information content (AvgIpc) is 3.19. The molecule has 0 saturated heterocycles. The minimum Gasteiger partial charge on any atom is -0.393 e. The van der Waals surface area contributed by atoms with Gasteiger partial charge in [0.25, 0.3) is 0 Å². The number of nitrogens with zero attached hydrogens (tertiary/aromatic N) is 4. The van der Waals surface area contributed by atoms with Crippen LogP contribution in [0.3, 0.4) is 0 Å². The van der Waals surface area contributed by atoms with Gasteiger partial charge in [-0.1, -0.05) is 0 Å². The number of anilines is 3. The van der Waals surface area contributed by atoms with E-state index in [2.05, 4.69) is 30.9 Å². The minimum absolute atomic E-state index is 0.163. The molecule has 0 amide bonds. The van der Waals surface area contributed by atoms with Crippen LogP contribution in [-0.4, -0.2) is 42.0 Å². The predicted octanol–water partition coefficient (Wildman–Crippen LogP) is 2.79. The van der Waals surface area contributed by atoms with E-state index in [4.69, 9.17) is 0 Å². The topological polar surface area (TPSA) is 103 Å². The fraction of sp³-hybridized carbons (Fsp3) is 0.500. The van der Waals surface area contributed by atoms with E-state index in [1.807, 2.05) is 28.9 Å². The fourth-order valence-corrected chi connectivity index (χ4v) is 3.63. The van der Waals surface area contributed by atoms with Gasteiger partial charge in [0.1, 0.15) is 5.52 Å². The second kappa shape index (κ2) is 6.28. The van der Waals surface area contributed by atoms with Gasteiger partial charge in [-0.05, 0) is 50.7 Å². The van der Waals surface area contributed by atoms with Crippen molar-refractivity contribution in [2.75, 3.05) is 10.6 Å². The molecule has 8 nitrogen and oxygen atoms in total. The molecule has 0 unspecified atom stereocenters. The van der Waals surface area contributed by atoms with Crippen LogP contribution in [0, 0.1) is 0 Å². The number of nitrogens with one attached hydrogen (secondary N) is 3. The maximum atomic E-state index is 9.71. The second-order valence-corrected chi connectivity index (χ2v) is 7.38. The quantitative estimate of drug-likeness (QED) is 0.562. The smallest absolute Gasteiger partial charge is 0.248 e. The normalized spacial score (nSPS) is 23.3. The molecule has 8 heteroatoms. The highest BCUT2D eigenvalue weighted by Crippen LogP contribution is 2.39. The van der Waals surface area contributed by atoms with Gasteiger partial charge in [-0.2, -0.15) is 10.1 Å². The molecular weight excluding hydrogens is 330 g/mol. The van der Waals surface area contributed by atoms with Gasteiger partial charge in [0, 0.05) is 29.9 Å². The Morgan fingerprint density at radius 1 is 1.15 bits per heavy atom. The molecule has 0 aromatic carbocycles. The largest absolute Gasteiger partial charge is 0.393 e. The van der Waals surface area contributed by atoms with Crippen LogP contribution < -0.4 is 10.6 Å². The lowest BCUT2D eigenvalue weighted by Gasteiger charge is -2.26. The molecule has 136 valence electrons. The van der Waals surface area contributed by atoms with E-state index in [-0.39, 0.29) is 6.10 Å². The first kappa shape index (κ1) is 15.6. The van der Waals surface area contributed by atoms with Crippen molar-refractivity contribution in [1.29, 1.82) is 0 Å². The predicted molar refractivity (Wildman–Crippen MR) is 98.7 cm³/mol. The van der Waals surface area contributed by atoms with Gasteiger partial charge in [-0.15, -0.1) is 5.10 Å². The molecular formula is C18H23N7O. The number of hydrogen-bond donors (Lipinski definition) is 4. The summed E-state index contributed by atoms with van der Waals surface area (Å²) in [6.45, 7) is 0. The zero-order chi connectivity index (χ0) is 17.5. The molecule has 5 rings (SSSR count). The van der Waals surface area contributed by atoms with Crippen LogP contribution in [-0.2, 0) is 0 Å². The standard InChI is InChI=1S/C18H23N7O/c26-13-7-5-12(6-8-13)19-17-15-2-1-9-25(15)24-18(21-17)20-16-10-14(22-23-16)11-3-4-11/h1-2,9-13,26H,3-8H2,(H3,19,20,21,22,23,24)/t12-,13-. The maximum Gasteiger partial charge on any atom is 0.248 e. The summed E-state index contributed by atoms with van der Waals surface area (Å²) in [7, 11) is 0. The summed E-state index contributed by atoms with van der Waals surface area (Å²) in [4.78, 5) is 4.68. The molecule has 2 saturated carbocycles. The van der Waals surface area contributed by atoms with Crippen molar-refractivity contribution in [3.63, 3.8) is 0 Å². The van der Waals surface area contributed by atoms with Gasteiger partial charge in [0.2, 0.25) is 5.95 Å². The molecule has 0 aliphatic heterocycles. The lowest BCUT2D eigenvalue weighted by molar-refractivity contribution is 0.126. The van der Waals surface area contributed by atoms with E-state index in [0.717, 1.165) is 42.8 Å². The molecule has 4 N–H and O–H groups in total. The van der Waals surface area contributed by atoms with Gasteiger partial charge in [-0.3, -0.25) is 5.10 Å². The number of H-pyrrole nitrogens is 1. The Morgan fingerprint density at radius 2 is 2.00 bits per heavy atom. The number of aliphatic hydroxyl groups is 1. The van der Waals surface area contributed by atoms with Crippen LogP contribution in [0.2, 0.25) is 0 Å². The number of aromatic amines is 1. The number of hydrogen-bond acceptors (Lipinski definition) is 6. The number of aromatic nitrogens is 5. The summed E-state index contributed by atoms with van der Waals surface area (Å²) in [6, 6.07) is 6.33. The summed E-state index contributed by atoms with van der Waals surface area (Å²) in [5.74, 6) is 2.70. The number of fused-ring (bicyclic) bond motifs is 1. The zero-order valence-electron chi connectivity index (χ0n) is 14.5. The van der Waals surface area contributed by atoms with Gasteiger partial charge in [0.05, 0.1) is 6.10 Å². The molecule has 3 heterocycles. The van der Waals surface area contributed by atoms with Crippen molar-refractivity contribution >= 4 is 23.1 Å². The number of rotatable bonds is 5. The highest BCUT2D eigenvalue weighted by molar-refractivity contribution is 5.69. The molecule has 2 aliphatic carbocycles. The summed E-state index contributed by atoms with van der Waals surface area (Å²) in [5.41, 5.74) is 2.12. The first-order valence-electron chi connectivity index (χ1n) is 9.37. The van der Waals surface area contributed by atoms with Crippen LogP contribution in [0.15, 0.2) is 24.4 Å². The molecule has 0 bridgehead atoms. The van der Waals surface area contributed by atoms with Gasteiger partial charge >= 0.3 is 0 Å². The Bertz CT molecular complexity index is 905. The lowest BCUT2D eigenvalue weighted by Crippen LogP contribution is -2.29. The Balaban J connectivity index is 1.39. The highest BCUT2D eigenvalue weighted by Gasteiger charge is 2.26. The molecule has 0 radical (unpaired) electrons. The van der Waals surface area contributed by atoms with Crippen molar-refractivity contribution in [3.8, 4) is 0 Å². The number of aliphatic hydroxyl groups excluding tert-OH is 1. The molecule has 3 aromatic rings. The summed E-state index contributed by atoms with van der Waals surface area (Å²) < 4.78 is 1.82. The van der Waals surface area contributed by atoms with E-state index in [1.165, 1.54) is 18.5 Å². The Hall–Kier alpha value is -2.61. The van der Waals surface area contributed by atoms with Crippen molar-refractivity contribution in [2.24, 2.45) is 0 Å². The van der Waals surface area contributed by atoms with Crippen LogP contribution in [0.5, 0.6) is 0 Å². The van der Waals surface area contributed by atoms with Crippen LogP contribution in [0.4, 0.5) is 17.6 Å². The second-order valence-electron chi connectivity index (χ2n) is 7.38. The van der Waals surface area contributed by atoms with E-state index < -0.39 is 0 Å². The van der Waals surface area contributed by atoms with E-state index in [9.17, 15) is 5.11 Å². The Kier molecular flexibility index (Phi) is 3.77. The maximum absolute atomic E-state index is 9.71. The minimum atomic E-state index is -0.163. The Morgan fingerprint density at radius 3 is 2.81 bits per heavy atom. The van der Waals surface area contributed by atoms with Crippen LogP contribution in [0.25, 0.3) is 5.52 Å². The van der Waals surface area contributed by atoms with E-state index in [1.54, 1.807) is 0 Å². The first-order chi connectivity index (χ1) is 12.7. The van der Waals surface area contributed by atoms with E-state index >= 15 is 0 Å². The van der Waals surface area contributed by atoms with Gasteiger partial charge < -0.3 is 15.7 Å². The third-order valence-electron chi connectivity index (χ3n) is 5.28. The molecule has 2 fully saturated rings. The van der Waals surface area contributed by atoms with Crippen molar-refractivity contribution in [3.05, 3.63) is 30.1 Å². The summed E-state index contributed by atoms with van der Waals surface area (Å²) in [5, 5.41) is 28.4. The monoisotopic (exact) mass is 353 g/mol. The average molecular weight is 353 g/mol. The third-order valence-corrected chi connectivity index (χ3v) is 5.28. The molecule has 3 aromatic heterocycles. The fourth-order valence-electron chi connectivity index (χ4n) is 3.63. The molecule has 26 heavy (non-hydrogen) atoms. The van der Waals surface area contributed by atoms with Crippen LogP contribution >= 0.6 is 0 Å². The highest BCUT2D eigenvalue weighted by atomic mass is 16.3. The first-order valence-corrected chi connectivity index (χ1v) is 9.37. The summed E-state index contributed by atoms with van der Waals surface area (Å²) in [6.07, 6.45) is 7.79. The molecule has 2 aliphatic rings. The van der Waals surface area contributed by atoms with E-state index in [0.29, 0.717) is 17.9 Å². The Labute approximate surface area is 151 Å². The van der Waals surface area contributed by atoms with Gasteiger partial charge in [0.15, 0.2) is 11.6 Å². The summed E-state index contributed by atoms with van der Waals surface area (Å²) >= 11 is 0. The molecule has 0 atom stereocenters. The van der Waals surface area contributed by atoms with Crippen molar-refractivity contribution in [2.45, 2.75) is 56.6 Å². The lowest BCUT2D eigenvalue weighted by atomic mass is 9.93. The zero-order valence-corrected chi connectivity index (χ0v) is 14.5. The third kappa shape index (κ3) is 3.12. The van der Waals surface area contributed by atoms with Crippen LogP contribution in [0.1, 0.15) is 50.1 Å². The van der Waals surface area contributed by atoms with Crippen molar-refractivity contribution in [1.82, 2.24) is 24.8 Å². The van der Waals surface area contributed by atoms with Gasteiger partial charge in [-0.25, -0.2) is 4.52 Å². The van der Waals surface area contributed by atoms with Crippen molar-refractivity contribution < 1.29 is 5.11 Å². The SMILES string of the molecule is O[C@H]1CC[C@H](Nc2nc(Nc3cc(C4CC4)[nH]n3)nn3cccc23)CC1. The molecule has 0 spiro atoms.